The molecule has 1 amide bonds. The molecule has 2 saturated heterocycles. The summed E-state index contributed by atoms with van der Waals surface area (Å²) in [5.74, 6) is -1.11. The summed E-state index contributed by atoms with van der Waals surface area (Å²) < 4.78 is 0. The lowest BCUT2D eigenvalue weighted by atomic mass is 9.90. The number of hydrogen-bond donors (Lipinski definition) is 3. The van der Waals surface area contributed by atoms with Crippen LogP contribution < -0.4 is 5.32 Å². The summed E-state index contributed by atoms with van der Waals surface area (Å²) in [6, 6.07) is 17.2. The molecule has 2 atom stereocenters. The zero-order valence-electron chi connectivity index (χ0n) is 29.0. The first-order chi connectivity index (χ1) is 24.4. The minimum absolute atomic E-state index is 0.290. The van der Waals surface area contributed by atoms with Crippen LogP contribution in [0, 0.1) is 30.6 Å². The van der Waals surface area contributed by atoms with E-state index in [0.29, 0.717) is 72.4 Å². The van der Waals surface area contributed by atoms with Gasteiger partial charge in [-0.2, -0.15) is 5.26 Å². The molecule has 11 heteroatoms. The topological polar surface area (TPSA) is 143 Å². The van der Waals surface area contributed by atoms with Crippen molar-refractivity contribution in [3.63, 3.8) is 0 Å². The molecule has 0 aliphatic carbocycles. The zero-order valence-corrected chi connectivity index (χ0v) is 29.7. The lowest BCUT2D eigenvalue weighted by Gasteiger charge is -2.21. The molecule has 0 spiro atoms. The Labute approximate surface area is 303 Å². The van der Waals surface area contributed by atoms with Gasteiger partial charge in [-0.1, -0.05) is 41.9 Å². The van der Waals surface area contributed by atoms with Gasteiger partial charge in [-0.25, -0.2) is 0 Å². The van der Waals surface area contributed by atoms with E-state index in [4.69, 9.17) is 11.6 Å². The van der Waals surface area contributed by atoms with E-state index in [0.717, 1.165) is 46.3 Å². The minimum Gasteiger partial charge on any atom is -0.481 e. The third kappa shape index (κ3) is 8.03. The molecule has 3 N–H and O–H groups in total. The summed E-state index contributed by atoms with van der Waals surface area (Å²) in [5.41, 5.74) is 7.14. The average Bonchev–Trinajstić information content (AvgIpc) is 3.71. The Morgan fingerprint density at radius 1 is 1.08 bits per heavy atom. The smallest absolute Gasteiger partial charge is 0.310 e. The summed E-state index contributed by atoms with van der Waals surface area (Å²) in [7, 11) is 0. The number of aliphatic carboxylic acids is 1. The molecular weight excluding hydrogens is 664 g/mol. The van der Waals surface area contributed by atoms with Crippen LogP contribution in [0.2, 0.25) is 5.02 Å². The Balaban J connectivity index is 1.17. The van der Waals surface area contributed by atoms with Crippen LogP contribution in [0.3, 0.4) is 0 Å². The van der Waals surface area contributed by atoms with Crippen molar-refractivity contribution in [2.24, 2.45) is 5.41 Å². The van der Waals surface area contributed by atoms with E-state index < -0.39 is 11.4 Å². The number of aromatic nitrogens is 2. The van der Waals surface area contributed by atoms with Crippen LogP contribution in [0.5, 0.6) is 0 Å². The number of nitriles is 1. The number of nitrogens with zero attached hydrogens (tertiary/aromatic N) is 5. The van der Waals surface area contributed by atoms with Crippen molar-refractivity contribution < 1.29 is 19.8 Å². The van der Waals surface area contributed by atoms with Crippen LogP contribution in [-0.2, 0) is 17.9 Å². The minimum atomic E-state index is -0.768. The Kier molecular flexibility index (Phi) is 10.6. The molecule has 262 valence electrons. The van der Waals surface area contributed by atoms with E-state index in [1.807, 2.05) is 56.3 Å². The SMILES string of the molecule is Cc1cc(/C=C/c2nccc(-c3cccc(NC(=O)c4ccc(CN5CC[C@@H](O)C5)cn4)c3C)c2C#N)c(Cl)cc1CN1CCC(C)(C(=O)O)C1. The fourth-order valence-electron chi connectivity index (χ4n) is 6.88. The molecule has 6 rings (SSSR count). The Morgan fingerprint density at radius 2 is 1.90 bits per heavy atom. The number of likely N-dealkylation sites (tertiary alicyclic amines) is 2. The highest BCUT2D eigenvalue weighted by Crippen LogP contribution is 2.34. The maximum atomic E-state index is 13.2. The highest BCUT2D eigenvalue weighted by molar-refractivity contribution is 6.32. The molecular formula is C40H41ClN6O4. The number of benzene rings is 2. The molecule has 2 aromatic carbocycles. The number of β-amino-alcohol motifs (C(OH)–C–C–N with tert-alkyl or cyclic N) is 1. The monoisotopic (exact) mass is 704 g/mol. The molecule has 1 unspecified atom stereocenters. The number of amides is 1. The van der Waals surface area contributed by atoms with Gasteiger partial charge in [0.1, 0.15) is 11.8 Å². The second-order valence-electron chi connectivity index (χ2n) is 13.9. The fraction of sp³-hybridized carbons (Fsp3) is 0.325. The number of nitrogens with one attached hydrogen (secondary N) is 1. The van der Waals surface area contributed by atoms with E-state index in [1.54, 1.807) is 37.5 Å². The highest BCUT2D eigenvalue weighted by Gasteiger charge is 2.40. The van der Waals surface area contributed by atoms with E-state index in [2.05, 4.69) is 31.2 Å². The van der Waals surface area contributed by atoms with Crippen molar-refractivity contribution >= 4 is 41.3 Å². The lowest BCUT2D eigenvalue weighted by molar-refractivity contribution is -0.147. The Morgan fingerprint density at radius 3 is 2.59 bits per heavy atom. The standard InChI is InChI=1S/C40H41ClN6O4/c1-25-17-28(34(41)18-29(25)22-47-16-13-40(3,24-47)39(50)51)8-10-36-33(19-42)32(11-14-43-36)31-5-4-6-35(26(31)2)45-38(49)37-9-7-27(20-44-37)21-46-15-12-30(48)23-46/h4-11,14,17-18,20,30,48H,12-13,15-16,21-24H2,1-3H3,(H,45,49)(H,50,51)/b10-8+/t30-,40?/m1/s1. The predicted molar refractivity (Wildman–Crippen MR) is 198 cm³/mol. The van der Waals surface area contributed by atoms with Crippen LogP contribution in [-0.4, -0.2) is 74.1 Å². The van der Waals surface area contributed by atoms with Crippen LogP contribution in [0.25, 0.3) is 23.3 Å². The number of hydrogen-bond acceptors (Lipinski definition) is 8. The quantitative estimate of drug-likeness (QED) is 0.167. The normalized spacial score (nSPS) is 19.4. The van der Waals surface area contributed by atoms with Crippen LogP contribution in [0.4, 0.5) is 5.69 Å². The third-order valence-corrected chi connectivity index (χ3v) is 10.3. The van der Waals surface area contributed by atoms with Gasteiger partial charge in [-0.3, -0.25) is 29.4 Å². The van der Waals surface area contributed by atoms with Gasteiger partial charge in [-0.15, -0.1) is 0 Å². The van der Waals surface area contributed by atoms with Gasteiger partial charge in [0.25, 0.3) is 5.91 Å². The molecule has 2 aliphatic heterocycles. The van der Waals surface area contributed by atoms with Crippen molar-refractivity contribution in [1.82, 2.24) is 19.8 Å². The molecule has 4 aromatic rings. The number of aliphatic hydroxyl groups excluding tert-OH is 1. The van der Waals surface area contributed by atoms with Crippen LogP contribution >= 0.6 is 11.6 Å². The molecule has 2 aromatic heterocycles. The molecule has 10 nitrogen and oxygen atoms in total. The maximum absolute atomic E-state index is 13.2. The van der Waals surface area contributed by atoms with Crippen molar-refractivity contribution in [3.05, 3.63) is 111 Å². The van der Waals surface area contributed by atoms with E-state index in [-0.39, 0.29) is 12.0 Å². The van der Waals surface area contributed by atoms with E-state index >= 15 is 0 Å². The maximum Gasteiger partial charge on any atom is 0.310 e. The van der Waals surface area contributed by atoms with Crippen molar-refractivity contribution in [3.8, 4) is 17.2 Å². The van der Waals surface area contributed by atoms with Gasteiger partial charge in [0.2, 0.25) is 0 Å². The first-order valence-corrected chi connectivity index (χ1v) is 17.4. The Hall–Kier alpha value is -4.92. The summed E-state index contributed by atoms with van der Waals surface area (Å²) in [6.07, 6.45) is 8.07. The molecule has 0 saturated carbocycles. The number of carbonyl (C=O) groups excluding carboxylic acids is 1. The van der Waals surface area contributed by atoms with Gasteiger partial charge < -0.3 is 15.5 Å². The number of rotatable bonds is 10. The van der Waals surface area contributed by atoms with Crippen molar-refractivity contribution in [2.45, 2.75) is 52.8 Å². The highest BCUT2D eigenvalue weighted by atomic mass is 35.5. The number of carboxylic acids is 1. The predicted octanol–water partition coefficient (Wildman–Crippen LogP) is 6.57. The molecule has 51 heavy (non-hydrogen) atoms. The number of aliphatic hydroxyl groups is 1. The number of anilines is 1. The number of halogens is 1. The molecule has 2 aliphatic rings. The first-order valence-electron chi connectivity index (χ1n) is 17.0. The van der Waals surface area contributed by atoms with Crippen molar-refractivity contribution in [1.29, 1.82) is 5.26 Å². The van der Waals surface area contributed by atoms with Gasteiger partial charge in [-0.05, 0) is 104 Å². The van der Waals surface area contributed by atoms with E-state index in [9.17, 15) is 25.1 Å². The van der Waals surface area contributed by atoms with Crippen LogP contribution in [0.15, 0.2) is 60.9 Å². The third-order valence-electron chi connectivity index (χ3n) is 10.0. The number of carbonyl (C=O) groups is 2. The molecule has 4 heterocycles. The average molecular weight is 705 g/mol. The summed E-state index contributed by atoms with van der Waals surface area (Å²) in [4.78, 5) is 38.1. The molecule has 0 radical (unpaired) electrons. The summed E-state index contributed by atoms with van der Waals surface area (Å²) in [5, 5.41) is 33.2. The molecule has 0 bridgehead atoms. The summed E-state index contributed by atoms with van der Waals surface area (Å²) in [6.45, 7) is 9.68. The largest absolute Gasteiger partial charge is 0.481 e. The lowest BCUT2D eigenvalue weighted by Crippen LogP contribution is -2.31. The number of pyridine rings is 2. The van der Waals surface area contributed by atoms with Gasteiger partial charge in [0.05, 0.1) is 22.8 Å². The van der Waals surface area contributed by atoms with E-state index in [1.165, 1.54) is 0 Å². The molecule has 2 fully saturated rings. The summed E-state index contributed by atoms with van der Waals surface area (Å²) >= 11 is 6.73. The van der Waals surface area contributed by atoms with Crippen LogP contribution in [0.1, 0.15) is 69.3 Å². The second kappa shape index (κ2) is 15.1. The second-order valence-corrected chi connectivity index (χ2v) is 14.3. The fourth-order valence-corrected chi connectivity index (χ4v) is 7.13. The Bertz CT molecular complexity index is 2040. The van der Waals surface area contributed by atoms with Crippen molar-refractivity contribution in [2.75, 3.05) is 31.5 Å². The first kappa shape index (κ1) is 35.9. The number of carboxylic acid groups (broad SMARTS) is 1. The number of aryl methyl sites for hydroxylation is 1. The van der Waals surface area contributed by atoms with Gasteiger partial charge in [0, 0.05) is 61.4 Å². The zero-order chi connectivity index (χ0) is 36.3. The van der Waals surface area contributed by atoms with Gasteiger partial charge in [0.15, 0.2) is 0 Å². The van der Waals surface area contributed by atoms with Gasteiger partial charge >= 0.3 is 5.97 Å².